The maximum absolute atomic E-state index is 7.59. The molecule has 1 aliphatic rings. The van der Waals surface area contributed by atoms with Crippen LogP contribution in [0.5, 0.6) is 0 Å². The Labute approximate surface area is 89.0 Å². The van der Waals surface area contributed by atoms with E-state index in [4.69, 9.17) is 5.73 Å². The Hall–Kier alpha value is 1.06. The molecule has 1 aliphatic carbocycles. The molecule has 1 nitrogen and oxygen atoms in total. The van der Waals surface area contributed by atoms with Crippen LogP contribution in [0.15, 0.2) is 0 Å². The zero-order chi connectivity index (χ0) is 6.69. The van der Waals surface area contributed by atoms with Crippen LogP contribution in [0, 0.1) is 12.8 Å². The van der Waals surface area contributed by atoms with Crippen LogP contribution in [-0.4, -0.2) is 6.04 Å². The molecular formula is C8H15NY-2. The first-order valence-electron chi connectivity index (χ1n) is 3.85. The summed E-state index contributed by atoms with van der Waals surface area (Å²) in [6, 6.07) is 0.205. The first kappa shape index (κ1) is 11.1. The SMILES string of the molecule is [CH2-]CC1CCCCC1[NH-].[Y]. The van der Waals surface area contributed by atoms with Crippen molar-refractivity contribution in [1.29, 1.82) is 0 Å². The molecule has 0 aliphatic heterocycles. The van der Waals surface area contributed by atoms with Crippen molar-refractivity contribution >= 4 is 0 Å². The molecule has 2 atom stereocenters. The third kappa shape index (κ3) is 2.98. The second-order valence-corrected chi connectivity index (χ2v) is 2.94. The summed E-state index contributed by atoms with van der Waals surface area (Å²) in [7, 11) is 0. The van der Waals surface area contributed by atoms with Gasteiger partial charge in [0, 0.05) is 32.7 Å². The summed E-state index contributed by atoms with van der Waals surface area (Å²) < 4.78 is 0. The smallest absolute Gasteiger partial charge is 0 e. The predicted octanol–water partition coefficient (Wildman–Crippen LogP) is 2.82. The maximum atomic E-state index is 7.59. The summed E-state index contributed by atoms with van der Waals surface area (Å²) >= 11 is 0. The van der Waals surface area contributed by atoms with E-state index in [1.54, 1.807) is 0 Å². The summed E-state index contributed by atoms with van der Waals surface area (Å²) in [4.78, 5) is 0. The Kier molecular flexibility index (Phi) is 6.29. The second kappa shape index (κ2) is 5.68. The van der Waals surface area contributed by atoms with Gasteiger partial charge in [-0.3, -0.25) is 0 Å². The standard InChI is InChI=1S/C8H15N.Y/c1-2-7-5-3-4-6-8(7)9;/h7-9H,1-6H2;/q-2;. The topological polar surface area (TPSA) is 23.8 Å². The normalized spacial score (nSPS) is 33.0. The van der Waals surface area contributed by atoms with Crippen molar-refractivity contribution in [2.24, 2.45) is 5.92 Å². The van der Waals surface area contributed by atoms with E-state index in [2.05, 4.69) is 6.92 Å². The van der Waals surface area contributed by atoms with Gasteiger partial charge in [0.1, 0.15) is 0 Å². The minimum Gasteiger partial charge on any atom is -0.675 e. The fourth-order valence-electron chi connectivity index (χ4n) is 1.55. The molecule has 0 bridgehead atoms. The van der Waals surface area contributed by atoms with Crippen molar-refractivity contribution in [3.05, 3.63) is 12.7 Å². The zero-order valence-corrected chi connectivity index (χ0v) is 9.31. The molecule has 2 heteroatoms. The van der Waals surface area contributed by atoms with Gasteiger partial charge in [0.15, 0.2) is 0 Å². The van der Waals surface area contributed by atoms with Gasteiger partial charge in [0.05, 0.1) is 0 Å². The number of hydrogen-bond acceptors (Lipinski definition) is 0. The van der Waals surface area contributed by atoms with Gasteiger partial charge in [-0.2, -0.15) is 6.42 Å². The van der Waals surface area contributed by atoms with Crippen LogP contribution in [0.2, 0.25) is 0 Å². The first-order chi connectivity index (χ1) is 4.34. The quantitative estimate of drug-likeness (QED) is 0.599. The van der Waals surface area contributed by atoms with Gasteiger partial charge < -0.3 is 12.7 Å². The molecule has 0 aromatic carbocycles. The minimum absolute atomic E-state index is 0. The van der Waals surface area contributed by atoms with Crippen LogP contribution in [0.1, 0.15) is 32.1 Å². The largest absolute Gasteiger partial charge is 0.675 e. The van der Waals surface area contributed by atoms with Crippen LogP contribution in [-0.2, 0) is 32.7 Å². The Morgan fingerprint density at radius 2 is 1.90 bits per heavy atom. The van der Waals surface area contributed by atoms with E-state index in [1.807, 2.05) is 0 Å². The average molecular weight is 214 g/mol. The molecule has 0 amide bonds. The summed E-state index contributed by atoms with van der Waals surface area (Å²) in [5.41, 5.74) is 7.59. The van der Waals surface area contributed by atoms with Crippen LogP contribution >= 0.6 is 0 Å². The monoisotopic (exact) mass is 214 g/mol. The molecule has 2 unspecified atom stereocenters. The Morgan fingerprint density at radius 1 is 1.30 bits per heavy atom. The molecule has 1 radical (unpaired) electrons. The summed E-state index contributed by atoms with van der Waals surface area (Å²) in [6.07, 6.45) is 5.92. The van der Waals surface area contributed by atoms with Gasteiger partial charge in [-0.1, -0.05) is 31.6 Å². The third-order valence-electron chi connectivity index (χ3n) is 2.28. The molecule has 0 saturated heterocycles. The fraction of sp³-hybridized carbons (Fsp3) is 0.875. The molecule has 0 spiro atoms. The van der Waals surface area contributed by atoms with E-state index in [0.29, 0.717) is 5.92 Å². The van der Waals surface area contributed by atoms with Gasteiger partial charge in [0.25, 0.3) is 0 Å². The third-order valence-corrected chi connectivity index (χ3v) is 2.28. The minimum atomic E-state index is 0. The van der Waals surface area contributed by atoms with Crippen LogP contribution in [0.4, 0.5) is 0 Å². The van der Waals surface area contributed by atoms with Gasteiger partial charge in [-0.05, 0) is 0 Å². The van der Waals surface area contributed by atoms with Crippen molar-refractivity contribution in [2.45, 2.75) is 38.1 Å². The Bertz CT molecular complexity index is 85.3. The first-order valence-corrected chi connectivity index (χ1v) is 3.85. The summed E-state index contributed by atoms with van der Waals surface area (Å²) in [5.74, 6) is 0.610. The molecule has 57 valence electrons. The van der Waals surface area contributed by atoms with Crippen molar-refractivity contribution in [3.8, 4) is 0 Å². The van der Waals surface area contributed by atoms with E-state index < -0.39 is 0 Å². The maximum Gasteiger partial charge on any atom is 0 e. The number of hydrogen-bond donors (Lipinski definition) is 0. The Balaban J connectivity index is 0.000000810. The molecular weight excluding hydrogens is 199 g/mol. The second-order valence-electron chi connectivity index (χ2n) is 2.94. The average Bonchev–Trinajstić information content (AvgIpc) is 1.89. The Morgan fingerprint density at radius 3 is 2.30 bits per heavy atom. The molecule has 10 heavy (non-hydrogen) atoms. The molecule has 1 saturated carbocycles. The van der Waals surface area contributed by atoms with Gasteiger partial charge in [-0.15, -0.1) is 6.04 Å². The van der Waals surface area contributed by atoms with Crippen LogP contribution in [0.3, 0.4) is 0 Å². The van der Waals surface area contributed by atoms with Gasteiger partial charge in [0.2, 0.25) is 0 Å². The predicted molar refractivity (Wildman–Crippen MR) is 40.0 cm³/mol. The molecule has 0 aromatic heterocycles. The van der Waals surface area contributed by atoms with Crippen molar-refractivity contribution in [2.75, 3.05) is 0 Å². The zero-order valence-electron chi connectivity index (χ0n) is 6.47. The van der Waals surface area contributed by atoms with E-state index in [0.717, 1.165) is 12.8 Å². The van der Waals surface area contributed by atoms with Crippen molar-refractivity contribution in [1.82, 2.24) is 0 Å². The van der Waals surface area contributed by atoms with Crippen molar-refractivity contribution < 1.29 is 32.7 Å². The van der Waals surface area contributed by atoms with E-state index >= 15 is 0 Å². The molecule has 0 aromatic rings. The molecule has 0 heterocycles. The molecule has 1 fully saturated rings. The van der Waals surface area contributed by atoms with Gasteiger partial charge in [-0.25, -0.2) is 0 Å². The number of rotatable bonds is 1. The van der Waals surface area contributed by atoms with Crippen molar-refractivity contribution in [3.63, 3.8) is 0 Å². The number of nitrogens with one attached hydrogen (secondary N) is 1. The summed E-state index contributed by atoms with van der Waals surface area (Å²) in [5, 5.41) is 0. The van der Waals surface area contributed by atoms with Gasteiger partial charge >= 0.3 is 0 Å². The van der Waals surface area contributed by atoms with E-state index in [9.17, 15) is 0 Å². The molecule has 1 N–H and O–H groups in total. The summed E-state index contributed by atoms with van der Waals surface area (Å²) in [6.45, 7) is 3.84. The van der Waals surface area contributed by atoms with E-state index in [1.165, 1.54) is 19.3 Å². The van der Waals surface area contributed by atoms with Crippen LogP contribution < -0.4 is 0 Å². The van der Waals surface area contributed by atoms with Crippen LogP contribution in [0.25, 0.3) is 5.73 Å². The molecule has 1 rings (SSSR count). The van der Waals surface area contributed by atoms with E-state index in [-0.39, 0.29) is 38.8 Å². The fourth-order valence-corrected chi connectivity index (χ4v) is 1.55.